The van der Waals surface area contributed by atoms with Gasteiger partial charge in [-0.2, -0.15) is 0 Å². The van der Waals surface area contributed by atoms with Gasteiger partial charge in [0.25, 0.3) is 0 Å². The van der Waals surface area contributed by atoms with E-state index in [-0.39, 0.29) is 0 Å². The van der Waals surface area contributed by atoms with Crippen molar-refractivity contribution in [2.75, 3.05) is 31.7 Å². The summed E-state index contributed by atoms with van der Waals surface area (Å²) in [5, 5.41) is 4.00. The van der Waals surface area contributed by atoms with Crippen molar-refractivity contribution >= 4 is 17.4 Å². The second kappa shape index (κ2) is 7.08. The smallest absolute Gasteiger partial charge is 0.147 e. The molecule has 2 rings (SSSR count). The van der Waals surface area contributed by atoms with Gasteiger partial charge in [-0.3, -0.25) is 0 Å². The molecule has 0 atom stereocenters. The lowest BCUT2D eigenvalue weighted by atomic mass is 10.1. The van der Waals surface area contributed by atoms with Gasteiger partial charge in [0.15, 0.2) is 0 Å². The van der Waals surface area contributed by atoms with E-state index in [9.17, 15) is 0 Å². The van der Waals surface area contributed by atoms with Crippen molar-refractivity contribution in [3.8, 4) is 0 Å². The SMILES string of the molecule is CCNCc1cnc(N(C)C2CCOCC2)c(Cl)c1. The lowest BCUT2D eigenvalue weighted by molar-refractivity contribution is 0.0853. The highest BCUT2D eigenvalue weighted by Crippen LogP contribution is 2.27. The molecule has 0 aromatic carbocycles. The average Bonchev–Trinajstić information content (AvgIpc) is 2.45. The molecule has 106 valence electrons. The number of aromatic nitrogens is 1. The highest BCUT2D eigenvalue weighted by Gasteiger charge is 2.21. The summed E-state index contributed by atoms with van der Waals surface area (Å²) in [5.74, 6) is 0.869. The Morgan fingerprint density at radius 3 is 2.84 bits per heavy atom. The van der Waals surface area contributed by atoms with E-state index in [0.29, 0.717) is 6.04 Å². The van der Waals surface area contributed by atoms with Crippen LogP contribution in [0.4, 0.5) is 5.82 Å². The van der Waals surface area contributed by atoms with Crippen molar-refractivity contribution in [3.05, 3.63) is 22.8 Å². The number of anilines is 1. The molecular weight excluding hydrogens is 262 g/mol. The number of hydrogen-bond donors (Lipinski definition) is 1. The molecule has 5 heteroatoms. The maximum Gasteiger partial charge on any atom is 0.147 e. The highest BCUT2D eigenvalue weighted by molar-refractivity contribution is 6.33. The Labute approximate surface area is 120 Å². The minimum absolute atomic E-state index is 0.471. The minimum atomic E-state index is 0.471. The fourth-order valence-electron chi connectivity index (χ4n) is 2.34. The van der Waals surface area contributed by atoms with Gasteiger partial charge in [-0.1, -0.05) is 18.5 Å². The maximum atomic E-state index is 6.36. The summed E-state index contributed by atoms with van der Waals surface area (Å²) in [6.45, 7) is 5.49. The van der Waals surface area contributed by atoms with E-state index < -0.39 is 0 Å². The van der Waals surface area contributed by atoms with Gasteiger partial charge >= 0.3 is 0 Å². The summed E-state index contributed by atoms with van der Waals surface area (Å²) >= 11 is 6.36. The van der Waals surface area contributed by atoms with E-state index in [1.165, 1.54) is 0 Å². The van der Waals surface area contributed by atoms with Crippen LogP contribution >= 0.6 is 11.6 Å². The van der Waals surface area contributed by atoms with E-state index in [1.54, 1.807) is 0 Å². The number of hydrogen-bond acceptors (Lipinski definition) is 4. The zero-order valence-electron chi connectivity index (χ0n) is 11.7. The Bertz CT molecular complexity index is 408. The molecule has 1 aliphatic heterocycles. The van der Waals surface area contributed by atoms with Crippen molar-refractivity contribution in [2.24, 2.45) is 0 Å². The van der Waals surface area contributed by atoms with E-state index in [0.717, 1.165) is 55.5 Å². The van der Waals surface area contributed by atoms with Gasteiger partial charge < -0.3 is 15.0 Å². The van der Waals surface area contributed by atoms with Gasteiger partial charge in [0.2, 0.25) is 0 Å². The van der Waals surface area contributed by atoms with Gasteiger partial charge in [0.1, 0.15) is 5.82 Å². The second-order valence-electron chi connectivity index (χ2n) is 4.88. The van der Waals surface area contributed by atoms with Crippen molar-refractivity contribution in [1.29, 1.82) is 0 Å². The predicted octanol–water partition coefficient (Wildman–Crippen LogP) is 2.46. The van der Waals surface area contributed by atoms with E-state index in [4.69, 9.17) is 16.3 Å². The van der Waals surface area contributed by atoms with Crippen LogP contribution in [-0.4, -0.2) is 37.8 Å². The quantitative estimate of drug-likeness (QED) is 0.901. The molecule has 0 bridgehead atoms. The molecule has 1 saturated heterocycles. The van der Waals surface area contributed by atoms with Crippen LogP contribution in [0.5, 0.6) is 0 Å². The van der Waals surface area contributed by atoms with Crippen molar-refractivity contribution in [2.45, 2.75) is 32.4 Å². The average molecular weight is 284 g/mol. The summed E-state index contributed by atoms with van der Waals surface area (Å²) in [6, 6.07) is 2.47. The van der Waals surface area contributed by atoms with Gasteiger partial charge in [0.05, 0.1) is 5.02 Å². The molecule has 0 amide bonds. The molecule has 0 saturated carbocycles. The Hall–Kier alpha value is -0.840. The highest BCUT2D eigenvalue weighted by atomic mass is 35.5. The van der Waals surface area contributed by atoms with Crippen LogP contribution in [0.3, 0.4) is 0 Å². The van der Waals surface area contributed by atoms with Crippen LogP contribution < -0.4 is 10.2 Å². The Morgan fingerprint density at radius 2 is 2.21 bits per heavy atom. The lowest BCUT2D eigenvalue weighted by Gasteiger charge is -2.32. The van der Waals surface area contributed by atoms with Crippen molar-refractivity contribution < 1.29 is 4.74 Å². The van der Waals surface area contributed by atoms with Gasteiger partial charge in [-0.05, 0) is 31.0 Å². The fraction of sp³-hybridized carbons (Fsp3) is 0.643. The van der Waals surface area contributed by atoms with Crippen LogP contribution in [0.15, 0.2) is 12.3 Å². The maximum absolute atomic E-state index is 6.36. The summed E-state index contributed by atoms with van der Waals surface area (Å²) in [5.41, 5.74) is 1.12. The first-order chi connectivity index (χ1) is 9.22. The Balaban J connectivity index is 2.06. The van der Waals surface area contributed by atoms with Gasteiger partial charge in [0, 0.05) is 39.0 Å². The molecule has 0 aliphatic carbocycles. The third-order valence-electron chi connectivity index (χ3n) is 3.53. The van der Waals surface area contributed by atoms with E-state index >= 15 is 0 Å². The fourth-order valence-corrected chi connectivity index (χ4v) is 2.66. The largest absolute Gasteiger partial charge is 0.381 e. The Morgan fingerprint density at radius 1 is 1.47 bits per heavy atom. The summed E-state index contributed by atoms with van der Waals surface area (Å²) < 4.78 is 5.39. The van der Waals surface area contributed by atoms with Crippen LogP contribution in [0, 0.1) is 0 Å². The molecule has 19 heavy (non-hydrogen) atoms. The Kier molecular flexibility index (Phi) is 5.43. The van der Waals surface area contributed by atoms with Crippen molar-refractivity contribution in [3.63, 3.8) is 0 Å². The number of ether oxygens (including phenoxy) is 1. The summed E-state index contributed by atoms with van der Waals surface area (Å²) in [6.07, 6.45) is 3.97. The summed E-state index contributed by atoms with van der Waals surface area (Å²) in [4.78, 5) is 6.70. The van der Waals surface area contributed by atoms with Crippen LogP contribution in [-0.2, 0) is 11.3 Å². The zero-order chi connectivity index (χ0) is 13.7. The number of halogens is 1. The first-order valence-electron chi connectivity index (χ1n) is 6.88. The zero-order valence-corrected chi connectivity index (χ0v) is 12.4. The molecule has 1 N–H and O–H groups in total. The normalized spacial score (nSPS) is 16.6. The van der Waals surface area contributed by atoms with Crippen LogP contribution in [0.1, 0.15) is 25.3 Å². The third-order valence-corrected chi connectivity index (χ3v) is 3.81. The summed E-state index contributed by atoms with van der Waals surface area (Å²) in [7, 11) is 2.06. The third kappa shape index (κ3) is 3.81. The molecule has 0 unspecified atom stereocenters. The van der Waals surface area contributed by atoms with Gasteiger partial charge in [-0.25, -0.2) is 4.98 Å². The molecule has 0 radical (unpaired) electrons. The molecule has 1 aliphatic rings. The topological polar surface area (TPSA) is 37.4 Å². The monoisotopic (exact) mass is 283 g/mol. The molecule has 1 aromatic rings. The van der Waals surface area contributed by atoms with Crippen LogP contribution in [0.25, 0.3) is 0 Å². The standard InChI is InChI=1S/C14H22ClN3O/c1-3-16-9-11-8-13(15)14(17-10-11)18(2)12-4-6-19-7-5-12/h8,10,12,16H,3-7,9H2,1-2H3. The van der Waals surface area contributed by atoms with Crippen molar-refractivity contribution in [1.82, 2.24) is 10.3 Å². The van der Waals surface area contributed by atoms with E-state index in [2.05, 4.69) is 29.2 Å². The predicted molar refractivity (Wildman–Crippen MR) is 78.9 cm³/mol. The molecular formula is C14H22ClN3O. The lowest BCUT2D eigenvalue weighted by Crippen LogP contribution is -2.37. The molecule has 1 aromatic heterocycles. The molecule has 4 nitrogen and oxygen atoms in total. The number of pyridine rings is 1. The number of nitrogens with zero attached hydrogens (tertiary/aromatic N) is 2. The molecule has 2 heterocycles. The second-order valence-corrected chi connectivity index (χ2v) is 5.29. The van der Waals surface area contributed by atoms with Crippen LogP contribution in [0.2, 0.25) is 5.02 Å². The van der Waals surface area contributed by atoms with Gasteiger partial charge in [-0.15, -0.1) is 0 Å². The number of rotatable bonds is 5. The number of nitrogens with one attached hydrogen (secondary N) is 1. The molecule has 0 spiro atoms. The van der Waals surface area contributed by atoms with E-state index in [1.807, 2.05) is 12.3 Å². The minimum Gasteiger partial charge on any atom is -0.381 e. The molecule has 1 fully saturated rings. The first kappa shape index (κ1) is 14.6. The first-order valence-corrected chi connectivity index (χ1v) is 7.26.